The molecular formula is C24H33N3O5S. The van der Waals surface area contributed by atoms with Crippen molar-refractivity contribution >= 4 is 21.6 Å². The first-order chi connectivity index (χ1) is 15.9. The molecule has 0 saturated carbocycles. The Balaban J connectivity index is 1.63. The summed E-state index contributed by atoms with van der Waals surface area (Å²) in [5.74, 6) is 1.14. The second-order valence-corrected chi connectivity index (χ2v) is 9.85. The third-order valence-electron chi connectivity index (χ3n) is 5.57. The van der Waals surface area contributed by atoms with Crippen LogP contribution in [0.2, 0.25) is 0 Å². The van der Waals surface area contributed by atoms with E-state index >= 15 is 0 Å². The molecule has 33 heavy (non-hydrogen) atoms. The summed E-state index contributed by atoms with van der Waals surface area (Å²) in [7, 11) is -1.93. The van der Waals surface area contributed by atoms with E-state index in [1.807, 2.05) is 36.9 Å². The Morgan fingerprint density at radius 2 is 1.85 bits per heavy atom. The van der Waals surface area contributed by atoms with E-state index < -0.39 is 10.0 Å². The number of anilines is 1. The first kappa shape index (κ1) is 25.0. The molecule has 1 heterocycles. The van der Waals surface area contributed by atoms with Crippen molar-refractivity contribution in [2.45, 2.75) is 38.1 Å². The lowest BCUT2D eigenvalue weighted by atomic mass is 10.2. The van der Waals surface area contributed by atoms with Gasteiger partial charge in [-0.15, -0.1) is 0 Å². The Labute approximate surface area is 196 Å². The molecule has 0 aliphatic carbocycles. The third-order valence-corrected chi connectivity index (χ3v) is 7.46. The van der Waals surface area contributed by atoms with Crippen LogP contribution in [-0.4, -0.2) is 63.4 Å². The van der Waals surface area contributed by atoms with Gasteiger partial charge >= 0.3 is 0 Å². The number of sulfonamides is 1. The average molecular weight is 476 g/mol. The van der Waals surface area contributed by atoms with Gasteiger partial charge in [0.15, 0.2) is 11.5 Å². The number of carbonyl (C=O) groups is 1. The van der Waals surface area contributed by atoms with E-state index in [2.05, 4.69) is 5.32 Å². The van der Waals surface area contributed by atoms with Crippen LogP contribution in [0.15, 0.2) is 47.4 Å². The maximum absolute atomic E-state index is 12.8. The van der Waals surface area contributed by atoms with Gasteiger partial charge in [0.05, 0.1) is 25.2 Å². The van der Waals surface area contributed by atoms with Gasteiger partial charge in [0.1, 0.15) is 0 Å². The molecule has 0 bridgehead atoms. The number of hydrogen-bond acceptors (Lipinski definition) is 6. The highest BCUT2D eigenvalue weighted by molar-refractivity contribution is 7.89. The van der Waals surface area contributed by atoms with E-state index in [1.165, 1.54) is 10.4 Å². The van der Waals surface area contributed by atoms with Gasteiger partial charge in [-0.3, -0.25) is 9.69 Å². The van der Waals surface area contributed by atoms with Crippen LogP contribution in [0.3, 0.4) is 0 Å². The van der Waals surface area contributed by atoms with Crippen molar-refractivity contribution < 1.29 is 22.7 Å². The number of amides is 1. The Bertz CT molecular complexity index is 1050. The summed E-state index contributed by atoms with van der Waals surface area (Å²) >= 11 is 0. The highest BCUT2D eigenvalue weighted by Crippen LogP contribution is 2.28. The molecular weight excluding hydrogens is 442 g/mol. The summed E-state index contributed by atoms with van der Waals surface area (Å²) in [6.45, 7) is 6.96. The van der Waals surface area contributed by atoms with Crippen LogP contribution < -0.4 is 14.8 Å². The number of carbonyl (C=O) groups excluding carboxylic acids is 1. The zero-order chi connectivity index (χ0) is 23.8. The van der Waals surface area contributed by atoms with Gasteiger partial charge in [0.2, 0.25) is 15.9 Å². The fraction of sp³-hybridized carbons (Fsp3) is 0.458. The molecule has 9 heteroatoms. The number of likely N-dealkylation sites (N-methyl/N-ethyl adjacent to an activating group) is 1. The molecule has 3 rings (SSSR count). The highest BCUT2D eigenvalue weighted by Gasteiger charge is 2.27. The minimum Gasteiger partial charge on any atom is -0.493 e. The van der Waals surface area contributed by atoms with E-state index in [0.717, 1.165) is 18.4 Å². The number of hydrogen-bond donors (Lipinski definition) is 1. The molecule has 180 valence electrons. The Morgan fingerprint density at radius 1 is 1.09 bits per heavy atom. The molecule has 1 amide bonds. The van der Waals surface area contributed by atoms with Gasteiger partial charge in [-0.2, -0.15) is 4.31 Å². The van der Waals surface area contributed by atoms with Crippen LogP contribution in [0.1, 0.15) is 32.3 Å². The zero-order valence-corrected chi connectivity index (χ0v) is 20.4. The monoisotopic (exact) mass is 475 g/mol. The molecule has 8 nitrogen and oxygen atoms in total. The Hall–Kier alpha value is -2.62. The van der Waals surface area contributed by atoms with E-state index in [-0.39, 0.29) is 17.3 Å². The normalized spacial score (nSPS) is 14.4. The van der Waals surface area contributed by atoms with Crippen molar-refractivity contribution in [1.82, 2.24) is 9.21 Å². The van der Waals surface area contributed by atoms with Crippen molar-refractivity contribution in [1.29, 1.82) is 0 Å². The van der Waals surface area contributed by atoms with Crippen LogP contribution >= 0.6 is 0 Å². The molecule has 1 fully saturated rings. The van der Waals surface area contributed by atoms with Crippen LogP contribution in [-0.2, 0) is 21.4 Å². The molecule has 1 aliphatic rings. The lowest BCUT2D eigenvalue weighted by molar-refractivity contribution is -0.117. The first-order valence-electron chi connectivity index (χ1n) is 11.3. The summed E-state index contributed by atoms with van der Waals surface area (Å²) in [6.07, 6.45) is 1.76. The van der Waals surface area contributed by atoms with Gasteiger partial charge in [-0.1, -0.05) is 19.1 Å². The van der Waals surface area contributed by atoms with Crippen LogP contribution in [0.5, 0.6) is 11.5 Å². The zero-order valence-electron chi connectivity index (χ0n) is 19.5. The van der Waals surface area contributed by atoms with Crippen LogP contribution in [0, 0.1) is 0 Å². The minimum atomic E-state index is -3.53. The molecule has 1 saturated heterocycles. The Kier molecular flexibility index (Phi) is 8.71. The van der Waals surface area contributed by atoms with E-state index in [1.54, 1.807) is 25.3 Å². The van der Waals surface area contributed by atoms with Crippen molar-refractivity contribution in [2.75, 3.05) is 45.2 Å². The van der Waals surface area contributed by atoms with Crippen LogP contribution in [0.4, 0.5) is 5.69 Å². The standard InChI is InChI=1S/C24H33N3O5S/c1-4-26(17-19-11-12-22(32-5-2)23(15-19)31-3)18-24(28)25-20-9-8-10-21(16-20)33(29,30)27-13-6-7-14-27/h8-12,15-16H,4-7,13-14,17-18H2,1-3H3,(H,25,28). The predicted molar refractivity (Wildman–Crippen MR) is 128 cm³/mol. The second-order valence-electron chi connectivity index (χ2n) is 7.91. The van der Waals surface area contributed by atoms with Crippen molar-refractivity contribution in [3.05, 3.63) is 48.0 Å². The van der Waals surface area contributed by atoms with Crippen molar-refractivity contribution in [2.24, 2.45) is 0 Å². The maximum Gasteiger partial charge on any atom is 0.243 e. The van der Waals surface area contributed by atoms with Gasteiger partial charge in [0, 0.05) is 25.3 Å². The summed E-state index contributed by atoms with van der Waals surface area (Å²) in [5.41, 5.74) is 1.47. The lowest BCUT2D eigenvalue weighted by Gasteiger charge is -2.21. The number of methoxy groups -OCH3 is 1. The van der Waals surface area contributed by atoms with E-state index in [4.69, 9.17) is 9.47 Å². The van der Waals surface area contributed by atoms with Crippen LogP contribution in [0.25, 0.3) is 0 Å². The smallest absolute Gasteiger partial charge is 0.243 e. The predicted octanol–water partition coefficient (Wildman–Crippen LogP) is 3.34. The van der Waals surface area contributed by atoms with Gasteiger partial charge in [-0.05, 0) is 62.2 Å². The van der Waals surface area contributed by atoms with Crippen molar-refractivity contribution in [3.63, 3.8) is 0 Å². The van der Waals surface area contributed by atoms with E-state index in [0.29, 0.717) is 50.0 Å². The third kappa shape index (κ3) is 6.46. The first-order valence-corrected chi connectivity index (χ1v) is 12.7. The molecule has 0 atom stereocenters. The molecule has 0 aromatic heterocycles. The molecule has 1 aliphatic heterocycles. The topological polar surface area (TPSA) is 88.2 Å². The number of rotatable bonds is 11. The van der Waals surface area contributed by atoms with Crippen molar-refractivity contribution in [3.8, 4) is 11.5 Å². The molecule has 0 unspecified atom stereocenters. The number of ether oxygens (including phenoxy) is 2. The fourth-order valence-electron chi connectivity index (χ4n) is 3.84. The van der Waals surface area contributed by atoms with E-state index in [9.17, 15) is 13.2 Å². The quantitative estimate of drug-likeness (QED) is 0.536. The number of benzene rings is 2. The highest BCUT2D eigenvalue weighted by atomic mass is 32.2. The summed E-state index contributed by atoms with van der Waals surface area (Å²) in [4.78, 5) is 14.9. The fourth-order valence-corrected chi connectivity index (χ4v) is 5.40. The second kappa shape index (κ2) is 11.5. The summed E-state index contributed by atoms with van der Waals surface area (Å²) < 4.78 is 38.1. The summed E-state index contributed by atoms with van der Waals surface area (Å²) in [5, 5.41) is 2.84. The summed E-state index contributed by atoms with van der Waals surface area (Å²) in [6, 6.07) is 12.2. The maximum atomic E-state index is 12.8. The molecule has 2 aromatic carbocycles. The average Bonchev–Trinajstić information content (AvgIpc) is 3.36. The molecule has 2 aromatic rings. The molecule has 0 spiro atoms. The molecule has 1 N–H and O–H groups in total. The molecule has 0 radical (unpaired) electrons. The number of nitrogens with one attached hydrogen (secondary N) is 1. The lowest BCUT2D eigenvalue weighted by Crippen LogP contribution is -2.33. The Morgan fingerprint density at radius 3 is 2.52 bits per heavy atom. The largest absolute Gasteiger partial charge is 0.493 e. The van der Waals surface area contributed by atoms with Gasteiger partial charge < -0.3 is 14.8 Å². The number of nitrogens with zero attached hydrogens (tertiary/aromatic N) is 2. The minimum absolute atomic E-state index is 0.176. The van der Waals surface area contributed by atoms with Gasteiger partial charge in [0.25, 0.3) is 0 Å². The van der Waals surface area contributed by atoms with Gasteiger partial charge in [-0.25, -0.2) is 8.42 Å². The SMILES string of the molecule is CCOc1ccc(CN(CC)CC(=O)Nc2cccc(S(=O)(=O)N3CCCC3)c2)cc1OC.